The Morgan fingerprint density at radius 1 is 1.14 bits per heavy atom. The van der Waals surface area contributed by atoms with Gasteiger partial charge in [-0.25, -0.2) is 0 Å². The van der Waals surface area contributed by atoms with Crippen molar-refractivity contribution in [3.63, 3.8) is 0 Å². The number of anilines is 2. The molecule has 4 heteroatoms. The van der Waals surface area contributed by atoms with E-state index in [0.717, 1.165) is 28.0 Å². The van der Waals surface area contributed by atoms with Gasteiger partial charge in [-0.3, -0.25) is 4.79 Å². The van der Waals surface area contributed by atoms with Gasteiger partial charge in [-0.1, -0.05) is 18.2 Å². The monoisotopic (exact) mass is 289 g/mol. The number of fused-ring (bicyclic) bond motifs is 2. The fourth-order valence-corrected chi connectivity index (χ4v) is 2.94. The van der Waals surface area contributed by atoms with Crippen LogP contribution in [0.3, 0.4) is 0 Å². The van der Waals surface area contributed by atoms with E-state index in [1.807, 2.05) is 36.4 Å². The van der Waals surface area contributed by atoms with Crippen molar-refractivity contribution in [1.82, 2.24) is 4.98 Å². The third-order valence-corrected chi connectivity index (χ3v) is 4.12. The van der Waals surface area contributed by atoms with Gasteiger partial charge < -0.3 is 16.0 Å². The number of nitrogens with one attached hydrogen (secondary N) is 2. The van der Waals surface area contributed by atoms with E-state index in [1.54, 1.807) is 6.07 Å². The van der Waals surface area contributed by atoms with Gasteiger partial charge >= 0.3 is 0 Å². The van der Waals surface area contributed by atoms with Crippen molar-refractivity contribution in [2.24, 2.45) is 0 Å². The molecule has 108 valence electrons. The molecular weight excluding hydrogens is 274 g/mol. The van der Waals surface area contributed by atoms with Crippen LogP contribution in [-0.2, 0) is 4.79 Å². The molecule has 0 unspecified atom stereocenters. The van der Waals surface area contributed by atoms with Crippen LogP contribution >= 0.6 is 0 Å². The highest BCUT2D eigenvalue weighted by Crippen LogP contribution is 2.35. The number of aromatic amines is 1. The first kappa shape index (κ1) is 12.7. The maximum absolute atomic E-state index is 12.2. The van der Waals surface area contributed by atoms with Crippen LogP contribution in [0.25, 0.3) is 22.6 Å². The topological polar surface area (TPSA) is 70.9 Å². The van der Waals surface area contributed by atoms with Gasteiger partial charge in [0, 0.05) is 33.5 Å². The normalized spacial score (nSPS) is 15.3. The number of aromatic nitrogens is 1. The molecule has 1 aliphatic rings. The number of amides is 1. The first-order valence-electron chi connectivity index (χ1n) is 7.14. The van der Waals surface area contributed by atoms with Crippen LogP contribution in [0.2, 0.25) is 0 Å². The lowest BCUT2D eigenvalue weighted by Crippen LogP contribution is -2.03. The molecule has 3 aromatic rings. The number of para-hydroxylation sites is 1. The lowest BCUT2D eigenvalue weighted by Gasteiger charge is -2.00. The molecule has 0 fully saturated rings. The zero-order chi connectivity index (χ0) is 15.3. The average Bonchev–Trinajstić information content (AvgIpc) is 2.99. The fraction of sp³-hybridized carbons (Fsp3) is 0.0556. The highest BCUT2D eigenvalue weighted by Gasteiger charge is 2.24. The third kappa shape index (κ3) is 1.81. The molecule has 0 aliphatic carbocycles. The number of nitrogen functional groups attached to an aromatic ring is 1. The second-order valence-corrected chi connectivity index (χ2v) is 5.53. The number of carbonyl (C=O) groups excluding carboxylic acids is 1. The van der Waals surface area contributed by atoms with Crippen LogP contribution in [-0.4, -0.2) is 10.9 Å². The molecule has 0 saturated heterocycles. The second-order valence-electron chi connectivity index (χ2n) is 5.53. The third-order valence-electron chi connectivity index (χ3n) is 4.12. The Bertz CT molecular complexity index is 950. The van der Waals surface area contributed by atoms with E-state index in [4.69, 9.17) is 5.73 Å². The van der Waals surface area contributed by atoms with Gasteiger partial charge in [0.15, 0.2) is 0 Å². The van der Waals surface area contributed by atoms with Crippen molar-refractivity contribution in [2.45, 2.75) is 6.92 Å². The number of hydrogen-bond donors (Lipinski definition) is 3. The molecule has 1 aromatic heterocycles. The number of aryl methyl sites for hydroxylation is 1. The minimum absolute atomic E-state index is 0.0985. The van der Waals surface area contributed by atoms with Gasteiger partial charge in [-0.05, 0) is 42.8 Å². The number of hydrogen-bond acceptors (Lipinski definition) is 2. The van der Waals surface area contributed by atoms with Crippen molar-refractivity contribution < 1.29 is 4.79 Å². The Balaban J connectivity index is 1.91. The Morgan fingerprint density at radius 3 is 2.77 bits per heavy atom. The quantitative estimate of drug-likeness (QED) is 0.473. The molecule has 22 heavy (non-hydrogen) atoms. The number of rotatable bonds is 1. The summed E-state index contributed by atoms with van der Waals surface area (Å²) >= 11 is 0. The smallest absolute Gasteiger partial charge is 0.256 e. The molecule has 0 bridgehead atoms. The lowest BCUT2D eigenvalue weighted by atomic mass is 10.0. The number of benzene rings is 2. The summed E-state index contributed by atoms with van der Waals surface area (Å²) in [5, 5.41) is 4.04. The first-order valence-corrected chi connectivity index (χ1v) is 7.14. The van der Waals surface area contributed by atoms with E-state index in [2.05, 4.69) is 23.3 Å². The maximum Gasteiger partial charge on any atom is 0.256 e. The number of carbonyl (C=O) groups is 1. The molecule has 0 saturated carbocycles. The summed E-state index contributed by atoms with van der Waals surface area (Å²) in [5.74, 6) is -0.0985. The minimum atomic E-state index is -0.0985. The van der Waals surface area contributed by atoms with Crippen molar-refractivity contribution in [2.75, 3.05) is 11.1 Å². The summed E-state index contributed by atoms with van der Waals surface area (Å²) in [6.07, 6.45) is 1.90. The van der Waals surface area contributed by atoms with E-state index in [0.29, 0.717) is 11.3 Å². The van der Waals surface area contributed by atoms with Gasteiger partial charge in [0.25, 0.3) is 5.91 Å². The summed E-state index contributed by atoms with van der Waals surface area (Å²) < 4.78 is 0. The molecule has 4 nitrogen and oxygen atoms in total. The molecule has 4 rings (SSSR count). The standard InChI is InChI=1S/C18H15N3O/c1-10-12-4-2-3-5-15(12)20-17(10)9-14-13-8-11(19)6-7-16(13)21-18(14)22/h2-9,20H,19H2,1H3,(H,21,22)/b14-9-. The number of nitrogens with two attached hydrogens (primary N) is 1. The molecule has 0 radical (unpaired) electrons. The highest BCUT2D eigenvalue weighted by molar-refractivity contribution is 6.35. The van der Waals surface area contributed by atoms with Crippen molar-refractivity contribution >= 4 is 39.8 Å². The minimum Gasteiger partial charge on any atom is -0.399 e. The SMILES string of the molecule is Cc1c(/C=C2\C(=O)Nc3ccc(N)cc32)[nH]c2ccccc12. The predicted molar refractivity (Wildman–Crippen MR) is 90.4 cm³/mol. The van der Waals surface area contributed by atoms with Crippen molar-refractivity contribution in [3.8, 4) is 0 Å². The van der Waals surface area contributed by atoms with Crippen LogP contribution in [0, 0.1) is 6.92 Å². The fourth-order valence-electron chi connectivity index (χ4n) is 2.94. The predicted octanol–water partition coefficient (Wildman–Crippen LogP) is 3.55. The Hall–Kier alpha value is -3.01. The Morgan fingerprint density at radius 2 is 1.95 bits per heavy atom. The van der Waals surface area contributed by atoms with Crippen LogP contribution < -0.4 is 11.1 Å². The largest absolute Gasteiger partial charge is 0.399 e. The van der Waals surface area contributed by atoms with Crippen LogP contribution in [0.1, 0.15) is 16.8 Å². The molecule has 1 aliphatic heterocycles. The molecule has 2 aromatic carbocycles. The number of H-pyrrole nitrogens is 1. The Kier molecular flexibility index (Phi) is 2.60. The zero-order valence-corrected chi connectivity index (χ0v) is 12.1. The van der Waals surface area contributed by atoms with Gasteiger partial charge in [-0.2, -0.15) is 0 Å². The van der Waals surface area contributed by atoms with Gasteiger partial charge in [0.05, 0.1) is 5.57 Å². The van der Waals surface area contributed by atoms with E-state index in [9.17, 15) is 4.79 Å². The average molecular weight is 289 g/mol. The second kappa shape index (κ2) is 4.49. The molecule has 0 atom stereocenters. The molecule has 0 spiro atoms. The Labute approximate surface area is 127 Å². The summed E-state index contributed by atoms with van der Waals surface area (Å²) in [5.41, 5.74) is 11.9. The lowest BCUT2D eigenvalue weighted by molar-refractivity contribution is -0.110. The van der Waals surface area contributed by atoms with Crippen LogP contribution in [0.5, 0.6) is 0 Å². The summed E-state index contributed by atoms with van der Waals surface area (Å²) in [7, 11) is 0. The van der Waals surface area contributed by atoms with Crippen molar-refractivity contribution in [3.05, 3.63) is 59.3 Å². The van der Waals surface area contributed by atoms with Gasteiger partial charge in [0.1, 0.15) is 0 Å². The summed E-state index contributed by atoms with van der Waals surface area (Å²) in [6, 6.07) is 13.6. The summed E-state index contributed by atoms with van der Waals surface area (Å²) in [4.78, 5) is 15.6. The summed E-state index contributed by atoms with van der Waals surface area (Å²) in [6.45, 7) is 2.05. The van der Waals surface area contributed by atoms with E-state index < -0.39 is 0 Å². The zero-order valence-electron chi connectivity index (χ0n) is 12.1. The molecular formula is C18H15N3O. The molecule has 4 N–H and O–H groups in total. The van der Waals surface area contributed by atoms with Gasteiger partial charge in [-0.15, -0.1) is 0 Å². The van der Waals surface area contributed by atoms with Crippen molar-refractivity contribution in [1.29, 1.82) is 0 Å². The van der Waals surface area contributed by atoms with E-state index in [-0.39, 0.29) is 5.91 Å². The maximum atomic E-state index is 12.2. The molecule has 1 amide bonds. The first-order chi connectivity index (χ1) is 10.6. The highest BCUT2D eigenvalue weighted by atomic mass is 16.2. The molecule has 2 heterocycles. The van der Waals surface area contributed by atoms with E-state index >= 15 is 0 Å². The van der Waals surface area contributed by atoms with Gasteiger partial charge in [0.2, 0.25) is 0 Å². The van der Waals surface area contributed by atoms with E-state index in [1.165, 1.54) is 5.39 Å². The van der Waals surface area contributed by atoms with Crippen LogP contribution in [0.15, 0.2) is 42.5 Å². The van der Waals surface area contributed by atoms with Crippen LogP contribution in [0.4, 0.5) is 11.4 Å².